The maximum atomic E-state index is 12.0. The maximum Gasteiger partial charge on any atom is 0.331 e. The summed E-state index contributed by atoms with van der Waals surface area (Å²) in [6.07, 6.45) is 7.41. The number of aliphatic hydroxyl groups excluding tert-OH is 4. The summed E-state index contributed by atoms with van der Waals surface area (Å²) in [6.45, 7) is 9.57. The number of esters is 1. The van der Waals surface area contributed by atoms with Crippen molar-refractivity contribution in [2.45, 2.75) is 78.3 Å². The fraction of sp³-hybridized carbons (Fsp3) is 0.538. The molecule has 0 fully saturated rings. The summed E-state index contributed by atoms with van der Waals surface area (Å²) in [5, 5.41) is 37.7. The molecule has 1 aliphatic carbocycles. The predicted molar refractivity (Wildman–Crippen MR) is 127 cm³/mol. The molecule has 33 heavy (non-hydrogen) atoms. The summed E-state index contributed by atoms with van der Waals surface area (Å²) < 4.78 is 4.86. The minimum absolute atomic E-state index is 0.151. The highest BCUT2D eigenvalue weighted by Gasteiger charge is 2.33. The van der Waals surface area contributed by atoms with E-state index in [0.717, 1.165) is 18.1 Å². The van der Waals surface area contributed by atoms with Gasteiger partial charge in [-0.3, -0.25) is 4.79 Å². The minimum Gasteiger partial charge on any atom is -0.449 e. The highest BCUT2D eigenvalue weighted by Crippen LogP contribution is 2.40. The second-order valence-electron chi connectivity index (χ2n) is 9.19. The van der Waals surface area contributed by atoms with Crippen molar-refractivity contribution >= 4 is 12.3 Å². The summed E-state index contributed by atoms with van der Waals surface area (Å²) in [4.78, 5) is 23.1. The lowest BCUT2D eigenvalue weighted by molar-refractivity contribution is -0.163. The number of allylic oxidation sites excluding steroid dienone is 9. The van der Waals surface area contributed by atoms with Crippen LogP contribution in [-0.2, 0) is 14.3 Å². The van der Waals surface area contributed by atoms with Gasteiger partial charge in [0.15, 0.2) is 12.4 Å². The third kappa shape index (κ3) is 9.21. The van der Waals surface area contributed by atoms with Gasteiger partial charge >= 0.3 is 5.97 Å². The standard InChI is InChI=1S/C26H38O7/c1-17(11-12-20-19(3)10-7-13-26(20,4)5)8-6-9-18(2)14-23(30)33-22(16-28)25(32)24(31)21(29)15-27/h6,8-9,11-12,14,16,21-22,24-25,27,29,31-32H,7,10,13,15H2,1-5H3/b9-6+,12-11+,17-8+,18-14+/t21-,22+,24-,25-/m1/s1. The fourth-order valence-electron chi connectivity index (χ4n) is 3.74. The van der Waals surface area contributed by atoms with Gasteiger partial charge in [-0.25, -0.2) is 4.79 Å². The number of aldehydes is 1. The molecule has 0 bridgehead atoms. The number of rotatable bonds is 11. The largest absolute Gasteiger partial charge is 0.449 e. The van der Waals surface area contributed by atoms with E-state index in [1.165, 1.54) is 24.0 Å². The Bertz CT molecular complexity index is 830. The first-order valence-corrected chi connectivity index (χ1v) is 11.2. The van der Waals surface area contributed by atoms with Gasteiger partial charge in [0.1, 0.15) is 18.3 Å². The van der Waals surface area contributed by atoms with Crippen molar-refractivity contribution in [1.29, 1.82) is 0 Å². The second kappa shape index (κ2) is 13.4. The fourth-order valence-corrected chi connectivity index (χ4v) is 3.74. The summed E-state index contributed by atoms with van der Waals surface area (Å²) in [6, 6.07) is 0. The molecule has 0 aromatic heterocycles. The third-order valence-corrected chi connectivity index (χ3v) is 5.77. The van der Waals surface area contributed by atoms with Crippen molar-refractivity contribution in [1.82, 2.24) is 0 Å². The van der Waals surface area contributed by atoms with Crippen molar-refractivity contribution in [2.75, 3.05) is 6.61 Å². The topological polar surface area (TPSA) is 124 Å². The third-order valence-electron chi connectivity index (χ3n) is 5.77. The molecule has 0 radical (unpaired) electrons. The van der Waals surface area contributed by atoms with Crippen LogP contribution < -0.4 is 0 Å². The average molecular weight is 463 g/mol. The molecule has 7 nitrogen and oxygen atoms in total. The Morgan fingerprint density at radius 3 is 2.36 bits per heavy atom. The Morgan fingerprint density at radius 2 is 1.79 bits per heavy atom. The van der Waals surface area contributed by atoms with Gasteiger partial charge in [0.25, 0.3) is 0 Å². The summed E-state index contributed by atoms with van der Waals surface area (Å²) in [5.41, 5.74) is 4.58. The molecule has 1 rings (SSSR count). The first kappa shape index (κ1) is 28.7. The van der Waals surface area contributed by atoms with Crippen molar-refractivity contribution in [2.24, 2.45) is 5.41 Å². The molecule has 0 aromatic rings. The molecular formula is C26H38O7. The van der Waals surface area contributed by atoms with Crippen LogP contribution in [0, 0.1) is 5.41 Å². The zero-order valence-corrected chi connectivity index (χ0v) is 20.2. The Labute approximate surface area is 196 Å². The summed E-state index contributed by atoms with van der Waals surface area (Å²) in [7, 11) is 0. The Kier molecular flexibility index (Phi) is 11.7. The molecule has 4 N–H and O–H groups in total. The molecule has 0 saturated heterocycles. The highest BCUT2D eigenvalue weighted by molar-refractivity contribution is 5.84. The first-order valence-electron chi connectivity index (χ1n) is 11.2. The molecule has 4 atom stereocenters. The smallest absolute Gasteiger partial charge is 0.331 e. The molecule has 0 unspecified atom stereocenters. The highest BCUT2D eigenvalue weighted by atomic mass is 16.6. The molecule has 1 aliphatic rings. The minimum atomic E-state index is -1.87. The second-order valence-corrected chi connectivity index (χ2v) is 9.19. The van der Waals surface area contributed by atoms with Crippen molar-refractivity contribution in [3.8, 4) is 0 Å². The van der Waals surface area contributed by atoms with Crippen molar-refractivity contribution in [3.63, 3.8) is 0 Å². The lowest BCUT2D eigenvalue weighted by Gasteiger charge is -2.32. The number of carbonyl (C=O) groups excluding carboxylic acids is 2. The number of carbonyl (C=O) groups is 2. The van der Waals surface area contributed by atoms with E-state index in [9.17, 15) is 24.9 Å². The monoisotopic (exact) mass is 462 g/mol. The van der Waals surface area contributed by atoms with E-state index < -0.39 is 37.0 Å². The van der Waals surface area contributed by atoms with Gasteiger partial charge in [0, 0.05) is 6.08 Å². The van der Waals surface area contributed by atoms with Gasteiger partial charge in [-0.1, -0.05) is 55.4 Å². The number of ether oxygens (including phenoxy) is 1. The molecule has 0 heterocycles. The van der Waals surface area contributed by atoms with Crippen molar-refractivity contribution in [3.05, 3.63) is 58.7 Å². The zero-order chi connectivity index (χ0) is 25.2. The number of aliphatic hydroxyl groups is 4. The zero-order valence-electron chi connectivity index (χ0n) is 20.2. The molecule has 0 aliphatic heterocycles. The van der Waals surface area contributed by atoms with Crippen LogP contribution in [0.25, 0.3) is 0 Å². The molecule has 184 valence electrons. The molecular weight excluding hydrogens is 424 g/mol. The Hall–Kier alpha value is -2.32. The van der Waals surface area contributed by atoms with E-state index in [4.69, 9.17) is 9.84 Å². The van der Waals surface area contributed by atoms with Gasteiger partial charge < -0.3 is 25.2 Å². The van der Waals surface area contributed by atoms with Crippen LogP contribution in [0.4, 0.5) is 0 Å². The van der Waals surface area contributed by atoms with Crippen LogP contribution in [0.2, 0.25) is 0 Å². The predicted octanol–water partition coefficient (Wildman–Crippen LogP) is 2.70. The van der Waals surface area contributed by atoms with E-state index in [0.29, 0.717) is 5.57 Å². The number of hydrogen-bond donors (Lipinski definition) is 4. The van der Waals surface area contributed by atoms with E-state index in [2.05, 4.69) is 32.9 Å². The summed E-state index contributed by atoms with van der Waals surface area (Å²) >= 11 is 0. The normalized spacial score (nSPS) is 21.2. The maximum absolute atomic E-state index is 12.0. The average Bonchev–Trinajstić information content (AvgIpc) is 2.74. The SMILES string of the molecule is CC1=C(/C=C/C(C)=C/C=C/C(C)=C/C(=O)O[C@@H](C=O)[C@@H](O)[C@H](O)[C@H](O)CO)C(C)(C)CCC1. The van der Waals surface area contributed by atoms with Crippen LogP contribution >= 0.6 is 0 Å². The Balaban J connectivity index is 2.75. The van der Waals surface area contributed by atoms with Crippen LogP contribution in [0.5, 0.6) is 0 Å². The lowest BCUT2D eigenvalue weighted by Crippen LogP contribution is -2.47. The van der Waals surface area contributed by atoms with Crippen LogP contribution in [0.1, 0.15) is 53.9 Å². The quantitative estimate of drug-likeness (QED) is 0.161. The van der Waals surface area contributed by atoms with Crippen LogP contribution in [-0.4, -0.2) is 63.7 Å². The molecule has 0 amide bonds. The van der Waals surface area contributed by atoms with Gasteiger partial charge in [0.2, 0.25) is 0 Å². The number of hydrogen-bond acceptors (Lipinski definition) is 7. The van der Waals surface area contributed by atoms with E-state index >= 15 is 0 Å². The van der Waals surface area contributed by atoms with Crippen LogP contribution in [0.3, 0.4) is 0 Å². The van der Waals surface area contributed by atoms with Gasteiger partial charge in [0.05, 0.1) is 6.61 Å². The van der Waals surface area contributed by atoms with E-state index in [1.54, 1.807) is 19.1 Å². The van der Waals surface area contributed by atoms with E-state index in [-0.39, 0.29) is 11.7 Å². The molecule has 7 heteroatoms. The molecule has 0 spiro atoms. The lowest BCUT2D eigenvalue weighted by atomic mass is 9.72. The van der Waals surface area contributed by atoms with Crippen molar-refractivity contribution < 1.29 is 34.8 Å². The molecule has 0 saturated carbocycles. The first-order chi connectivity index (χ1) is 15.4. The van der Waals surface area contributed by atoms with Gasteiger partial charge in [-0.15, -0.1) is 0 Å². The van der Waals surface area contributed by atoms with E-state index in [1.807, 2.05) is 13.0 Å². The van der Waals surface area contributed by atoms with Gasteiger partial charge in [-0.05, 0) is 56.6 Å². The summed E-state index contributed by atoms with van der Waals surface area (Å²) in [5.74, 6) is -0.887. The molecule has 0 aromatic carbocycles. The van der Waals surface area contributed by atoms with Crippen LogP contribution in [0.15, 0.2) is 58.7 Å². The Morgan fingerprint density at radius 1 is 1.12 bits per heavy atom. The van der Waals surface area contributed by atoms with Gasteiger partial charge in [-0.2, -0.15) is 0 Å².